The smallest absolute Gasteiger partial charge is 0.197 e. The van der Waals surface area contributed by atoms with Gasteiger partial charge in [-0.15, -0.1) is 0 Å². The Morgan fingerprint density at radius 2 is 1.70 bits per heavy atom. The second-order valence-corrected chi connectivity index (χ2v) is 7.69. The molecule has 0 aliphatic heterocycles. The zero-order valence-electron chi connectivity index (χ0n) is 17.4. The van der Waals surface area contributed by atoms with Gasteiger partial charge in [0.2, 0.25) is 0 Å². The molecule has 3 N–H and O–H groups in total. The van der Waals surface area contributed by atoms with Crippen LogP contribution >= 0.6 is 0 Å². The summed E-state index contributed by atoms with van der Waals surface area (Å²) in [6.07, 6.45) is 6.25. The first-order chi connectivity index (χ1) is 14.3. The lowest BCUT2D eigenvalue weighted by Crippen LogP contribution is -2.02. The van der Waals surface area contributed by atoms with Crippen LogP contribution in [0.1, 0.15) is 39.2 Å². The molecule has 1 heterocycles. The summed E-state index contributed by atoms with van der Waals surface area (Å²) in [4.78, 5) is 12.7. The van der Waals surface area contributed by atoms with Gasteiger partial charge in [-0.1, -0.05) is 23.3 Å². The highest BCUT2D eigenvalue weighted by Gasteiger charge is 2.17. The first kappa shape index (κ1) is 21.2. The van der Waals surface area contributed by atoms with Crippen LogP contribution in [0.25, 0.3) is 22.3 Å². The van der Waals surface area contributed by atoms with Crippen LogP contribution in [0.3, 0.4) is 0 Å². The van der Waals surface area contributed by atoms with Crippen LogP contribution in [-0.4, -0.2) is 15.3 Å². The van der Waals surface area contributed by atoms with E-state index in [2.05, 4.69) is 19.9 Å². The van der Waals surface area contributed by atoms with E-state index in [1.165, 1.54) is 29.8 Å². The largest absolute Gasteiger partial charge is 0.508 e. The SMILES string of the molecule is CC(C)=CCC/C(C)=C/Cc1c(O)cc2oc(-c3ccc(O)cc3)cc(=O)c2c1O. The first-order valence-electron chi connectivity index (χ1n) is 9.86. The summed E-state index contributed by atoms with van der Waals surface area (Å²) in [7, 11) is 0. The fourth-order valence-electron chi connectivity index (χ4n) is 3.27. The monoisotopic (exact) mass is 406 g/mol. The van der Waals surface area contributed by atoms with Crippen molar-refractivity contribution in [3.05, 3.63) is 75.5 Å². The molecular weight excluding hydrogens is 380 g/mol. The van der Waals surface area contributed by atoms with Crippen molar-refractivity contribution in [1.82, 2.24) is 0 Å². The maximum absolute atomic E-state index is 12.7. The lowest BCUT2D eigenvalue weighted by atomic mass is 10.0. The van der Waals surface area contributed by atoms with E-state index in [1.54, 1.807) is 12.1 Å². The Bertz CT molecular complexity index is 1180. The molecule has 0 radical (unpaired) electrons. The summed E-state index contributed by atoms with van der Waals surface area (Å²) in [6, 6.07) is 8.89. The molecule has 5 heteroatoms. The maximum atomic E-state index is 12.7. The van der Waals surface area contributed by atoms with Crippen molar-refractivity contribution in [2.75, 3.05) is 0 Å². The molecule has 30 heavy (non-hydrogen) atoms. The number of fused-ring (bicyclic) bond motifs is 1. The Morgan fingerprint density at radius 1 is 1.00 bits per heavy atom. The molecule has 0 fully saturated rings. The second kappa shape index (κ2) is 8.91. The highest BCUT2D eigenvalue weighted by atomic mass is 16.3. The lowest BCUT2D eigenvalue weighted by molar-refractivity contribution is 0.443. The fraction of sp³-hybridized carbons (Fsp3) is 0.240. The van der Waals surface area contributed by atoms with Gasteiger partial charge in [-0.25, -0.2) is 0 Å². The zero-order chi connectivity index (χ0) is 21.8. The average molecular weight is 406 g/mol. The Balaban J connectivity index is 1.96. The third-order valence-electron chi connectivity index (χ3n) is 4.97. The van der Waals surface area contributed by atoms with Crippen molar-refractivity contribution >= 4 is 11.0 Å². The predicted molar refractivity (Wildman–Crippen MR) is 119 cm³/mol. The number of hydrogen-bond donors (Lipinski definition) is 3. The van der Waals surface area contributed by atoms with Gasteiger partial charge in [-0.2, -0.15) is 0 Å². The van der Waals surface area contributed by atoms with Gasteiger partial charge in [0.25, 0.3) is 0 Å². The molecule has 5 nitrogen and oxygen atoms in total. The van der Waals surface area contributed by atoms with Crippen molar-refractivity contribution in [2.45, 2.75) is 40.0 Å². The van der Waals surface area contributed by atoms with Crippen LogP contribution in [0.5, 0.6) is 17.2 Å². The number of rotatable bonds is 6. The van der Waals surface area contributed by atoms with E-state index in [0.29, 0.717) is 17.5 Å². The molecule has 0 aliphatic rings. The van der Waals surface area contributed by atoms with Gasteiger partial charge >= 0.3 is 0 Å². The van der Waals surface area contributed by atoms with Crippen LogP contribution < -0.4 is 5.43 Å². The van der Waals surface area contributed by atoms with E-state index in [0.717, 1.165) is 18.4 Å². The van der Waals surface area contributed by atoms with Gasteiger partial charge in [0.05, 0.1) is 0 Å². The minimum atomic E-state index is -0.401. The first-order valence-corrected chi connectivity index (χ1v) is 9.86. The highest BCUT2D eigenvalue weighted by Crippen LogP contribution is 2.36. The fourth-order valence-corrected chi connectivity index (χ4v) is 3.27. The Kier molecular flexibility index (Phi) is 6.31. The molecule has 1 aromatic heterocycles. The third-order valence-corrected chi connectivity index (χ3v) is 4.97. The molecule has 3 rings (SSSR count). The van der Waals surface area contributed by atoms with E-state index < -0.39 is 5.43 Å². The molecular formula is C25H26O5. The van der Waals surface area contributed by atoms with Crippen molar-refractivity contribution in [1.29, 1.82) is 0 Å². The summed E-state index contributed by atoms with van der Waals surface area (Å²) in [5.74, 6) is 0.00351. The van der Waals surface area contributed by atoms with Crippen molar-refractivity contribution in [3.8, 4) is 28.6 Å². The Hall–Kier alpha value is -3.47. The molecule has 0 spiro atoms. The number of hydrogen-bond acceptors (Lipinski definition) is 5. The standard InChI is InChI=1S/C25H26O5/c1-15(2)5-4-6-16(3)7-12-19-20(27)13-23-24(25(19)29)21(28)14-22(30-23)17-8-10-18(26)11-9-17/h5,7-11,13-14,26-27,29H,4,6,12H2,1-3H3/b16-7+. The van der Waals surface area contributed by atoms with E-state index in [1.807, 2.05) is 13.0 Å². The maximum Gasteiger partial charge on any atom is 0.197 e. The van der Waals surface area contributed by atoms with Crippen LogP contribution in [0.15, 0.2) is 68.9 Å². The molecule has 2 aromatic carbocycles. The molecule has 0 aliphatic carbocycles. The number of aromatic hydroxyl groups is 3. The molecule has 0 saturated heterocycles. The van der Waals surface area contributed by atoms with Gasteiger partial charge in [-0.05, 0) is 64.3 Å². The molecule has 3 aromatic rings. The zero-order valence-corrected chi connectivity index (χ0v) is 17.4. The quantitative estimate of drug-likeness (QED) is 0.449. The van der Waals surface area contributed by atoms with E-state index in [-0.39, 0.29) is 34.0 Å². The van der Waals surface area contributed by atoms with Crippen LogP contribution in [0, 0.1) is 0 Å². The predicted octanol–water partition coefficient (Wildman–Crippen LogP) is 5.81. The van der Waals surface area contributed by atoms with Crippen LogP contribution in [-0.2, 0) is 6.42 Å². The number of phenolic OH excluding ortho intramolecular Hbond substituents is 3. The molecule has 0 atom stereocenters. The van der Waals surface area contributed by atoms with Gasteiger partial charge in [-0.3, -0.25) is 4.79 Å². The van der Waals surface area contributed by atoms with Crippen LogP contribution in [0.2, 0.25) is 0 Å². The van der Waals surface area contributed by atoms with Crippen molar-refractivity contribution in [3.63, 3.8) is 0 Å². The summed E-state index contributed by atoms with van der Waals surface area (Å²) < 4.78 is 5.76. The molecule has 0 unspecified atom stereocenters. The molecule has 156 valence electrons. The normalized spacial score (nSPS) is 11.6. The third kappa shape index (κ3) is 4.74. The average Bonchev–Trinajstić information content (AvgIpc) is 2.67. The minimum Gasteiger partial charge on any atom is -0.508 e. The summed E-state index contributed by atoms with van der Waals surface area (Å²) in [5, 5.41) is 30.6. The van der Waals surface area contributed by atoms with Crippen molar-refractivity contribution < 1.29 is 19.7 Å². The Morgan fingerprint density at radius 3 is 2.37 bits per heavy atom. The highest BCUT2D eigenvalue weighted by molar-refractivity contribution is 5.88. The topological polar surface area (TPSA) is 90.9 Å². The lowest BCUT2D eigenvalue weighted by Gasteiger charge is -2.10. The van der Waals surface area contributed by atoms with E-state index >= 15 is 0 Å². The minimum absolute atomic E-state index is 0.0425. The van der Waals surface area contributed by atoms with E-state index in [9.17, 15) is 20.1 Å². The van der Waals surface area contributed by atoms with Gasteiger partial charge in [0.15, 0.2) is 5.43 Å². The van der Waals surface area contributed by atoms with Gasteiger partial charge < -0.3 is 19.7 Å². The van der Waals surface area contributed by atoms with Gasteiger partial charge in [0, 0.05) is 23.3 Å². The number of allylic oxidation sites excluding steroid dienone is 4. The van der Waals surface area contributed by atoms with Crippen LogP contribution in [0.4, 0.5) is 0 Å². The number of benzene rings is 2. The summed E-state index contributed by atoms with van der Waals surface area (Å²) in [6.45, 7) is 6.12. The Labute approximate surface area is 175 Å². The summed E-state index contributed by atoms with van der Waals surface area (Å²) >= 11 is 0. The molecule has 0 saturated carbocycles. The van der Waals surface area contributed by atoms with E-state index in [4.69, 9.17) is 4.42 Å². The second-order valence-electron chi connectivity index (χ2n) is 7.69. The molecule has 0 bridgehead atoms. The van der Waals surface area contributed by atoms with Gasteiger partial charge in [0.1, 0.15) is 34.0 Å². The summed E-state index contributed by atoms with van der Waals surface area (Å²) in [5.41, 5.74) is 3.02. The van der Waals surface area contributed by atoms with Crippen molar-refractivity contribution in [2.24, 2.45) is 0 Å². The molecule has 0 amide bonds. The number of phenols is 3.